The van der Waals surface area contributed by atoms with Gasteiger partial charge in [0.1, 0.15) is 0 Å². The zero-order valence-corrected chi connectivity index (χ0v) is 13.1. The van der Waals surface area contributed by atoms with Crippen LogP contribution < -0.4 is 0 Å². The average Bonchev–Trinajstić information content (AvgIpc) is 2.61. The van der Waals surface area contributed by atoms with Gasteiger partial charge in [-0.05, 0) is 39.5 Å². The van der Waals surface area contributed by atoms with E-state index in [1.807, 2.05) is 6.08 Å². The van der Waals surface area contributed by atoms with Gasteiger partial charge in [-0.2, -0.15) is 0 Å². The molecule has 21 heavy (non-hydrogen) atoms. The highest BCUT2D eigenvalue weighted by Crippen LogP contribution is 2.47. The number of allylic oxidation sites excluding steroid dienone is 1. The minimum atomic E-state index is -1.38. The van der Waals surface area contributed by atoms with E-state index in [0.717, 1.165) is 19.3 Å². The smallest absolute Gasteiger partial charge is 0.229 e. The summed E-state index contributed by atoms with van der Waals surface area (Å²) < 4.78 is 0. The third-order valence-electron chi connectivity index (χ3n) is 5.72. The van der Waals surface area contributed by atoms with E-state index in [0.29, 0.717) is 0 Å². The van der Waals surface area contributed by atoms with Gasteiger partial charge in [-0.3, -0.25) is 4.79 Å². The van der Waals surface area contributed by atoms with Gasteiger partial charge in [0.2, 0.25) is 5.91 Å². The Balaban J connectivity index is 2.36. The van der Waals surface area contributed by atoms with Crippen molar-refractivity contribution in [2.45, 2.75) is 56.8 Å². The van der Waals surface area contributed by atoms with Crippen molar-refractivity contribution in [3.05, 3.63) is 12.2 Å². The van der Waals surface area contributed by atoms with Crippen molar-refractivity contribution in [3.8, 4) is 0 Å². The summed E-state index contributed by atoms with van der Waals surface area (Å²) in [6.07, 6.45) is 6.30. The Hall–Kier alpha value is -0.910. The first-order valence-electron chi connectivity index (χ1n) is 7.74. The number of likely N-dealkylation sites (tertiary alicyclic amines) is 1. The summed E-state index contributed by atoms with van der Waals surface area (Å²) in [5.41, 5.74) is -2.44. The first kappa shape index (κ1) is 16.5. The molecule has 0 spiro atoms. The molecule has 0 aromatic heterocycles. The molecule has 0 radical (unpaired) electrons. The van der Waals surface area contributed by atoms with Gasteiger partial charge in [0, 0.05) is 19.6 Å². The van der Waals surface area contributed by atoms with Crippen molar-refractivity contribution in [2.24, 2.45) is 11.8 Å². The molecule has 3 N–H and O–H groups in total. The van der Waals surface area contributed by atoms with Gasteiger partial charge in [0.05, 0.1) is 23.2 Å². The number of hydrogen-bond donors (Lipinski definition) is 3. The minimum absolute atomic E-state index is 0.0571. The van der Waals surface area contributed by atoms with Gasteiger partial charge < -0.3 is 20.2 Å². The maximum atomic E-state index is 12.4. The highest BCUT2D eigenvalue weighted by Gasteiger charge is 2.65. The van der Waals surface area contributed by atoms with Gasteiger partial charge in [0.15, 0.2) is 0 Å². The summed E-state index contributed by atoms with van der Waals surface area (Å²) in [6, 6.07) is 0. The maximum absolute atomic E-state index is 12.4. The highest BCUT2D eigenvalue weighted by molar-refractivity contribution is 5.84. The number of carbonyl (C=O) groups is 1. The van der Waals surface area contributed by atoms with Crippen LogP contribution in [0.5, 0.6) is 0 Å². The maximum Gasteiger partial charge on any atom is 0.229 e. The average molecular weight is 297 g/mol. The molecular weight excluding hydrogens is 270 g/mol. The molecule has 2 aliphatic rings. The van der Waals surface area contributed by atoms with E-state index < -0.39 is 23.2 Å². The number of aliphatic hydroxyl groups is 3. The molecule has 1 amide bonds. The Morgan fingerprint density at radius 3 is 2.67 bits per heavy atom. The van der Waals surface area contributed by atoms with E-state index in [1.165, 1.54) is 4.90 Å². The van der Waals surface area contributed by atoms with Crippen LogP contribution in [0.15, 0.2) is 12.2 Å². The molecule has 2 rings (SSSR count). The van der Waals surface area contributed by atoms with Crippen molar-refractivity contribution in [1.82, 2.24) is 4.90 Å². The van der Waals surface area contributed by atoms with Crippen LogP contribution in [0.3, 0.4) is 0 Å². The Labute approximate surface area is 126 Å². The van der Waals surface area contributed by atoms with Crippen LogP contribution in [0.2, 0.25) is 0 Å². The van der Waals surface area contributed by atoms with E-state index in [9.17, 15) is 15.0 Å². The Morgan fingerprint density at radius 2 is 2.14 bits per heavy atom. The second kappa shape index (κ2) is 5.71. The lowest BCUT2D eigenvalue weighted by Gasteiger charge is -2.47. The zero-order valence-electron chi connectivity index (χ0n) is 13.1. The van der Waals surface area contributed by atoms with Crippen LogP contribution in [-0.2, 0) is 4.79 Å². The molecule has 1 aliphatic heterocycles. The first-order valence-corrected chi connectivity index (χ1v) is 7.74. The summed E-state index contributed by atoms with van der Waals surface area (Å²) in [6.45, 7) is 3.19. The third kappa shape index (κ3) is 2.31. The van der Waals surface area contributed by atoms with E-state index in [-0.39, 0.29) is 24.9 Å². The van der Waals surface area contributed by atoms with E-state index in [4.69, 9.17) is 5.11 Å². The molecule has 0 aromatic rings. The van der Waals surface area contributed by atoms with Crippen molar-refractivity contribution >= 4 is 5.91 Å². The van der Waals surface area contributed by atoms with Gasteiger partial charge >= 0.3 is 0 Å². The van der Waals surface area contributed by atoms with Crippen LogP contribution in [-0.4, -0.2) is 57.0 Å². The lowest BCUT2D eigenvalue weighted by molar-refractivity contribution is -0.138. The van der Waals surface area contributed by atoms with Gasteiger partial charge in [-0.25, -0.2) is 0 Å². The molecule has 5 atom stereocenters. The predicted octanol–water partition coefficient (Wildman–Crippen LogP) is 0.684. The number of aliphatic hydroxyl groups excluding tert-OH is 2. The number of nitrogens with zero attached hydrogens (tertiary/aromatic N) is 1. The molecule has 1 fully saturated rings. The summed E-state index contributed by atoms with van der Waals surface area (Å²) in [5, 5.41) is 31.0. The van der Waals surface area contributed by atoms with Crippen molar-refractivity contribution in [2.75, 3.05) is 13.7 Å². The fraction of sp³-hybridized carbons (Fsp3) is 0.812. The lowest BCUT2D eigenvalue weighted by Crippen LogP contribution is -2.64. The normalized spacial score (nSPS) is 41.6. The van der Waals surface area contributed by atoms with Gasteiger partial charge in [0.25, 0.3) is 0 Å². The molecule has 1 aliphatic carbocycles. The minimum Gasteiger partial charge on any atom is -0.396 e. The Bertz CT molecular complexity index is 434. The molecular formula is C16H27NO4. The van der Waals surface area contributed by atoms with Crippen LogP contribution in [0.25, 0.3) is 0 Å². The summed E-state index contributed by atoms with van der Waals surface area (Å²) >= 11 is 0. The molecule has 5 unspecified atom stereocenters. The summed E-state index contributed by atoms with van der Waals surface area (Å²) in [4.78, 5) is 13.9. The fourth-order valence-corrected chi connectivity index (χ4v) is 3.95. The molecule has 5 nitrogen and oxygen atoms in total. The fourth-order valence-electron chi connectivity index (χ4n) is 3.95. The monoisotopic (exact) mass is 297 g/mol. The first-order chi connectivity index (χ1) is 9.78. The molecule has 0 aromatic carbocycles. The predicted molar refractivity (Wildman–Crippen MR) is 79.5 cm³/mol. The molecule has 1 heterocycles. The Morgan fingerprint density at radius 1 is 1.48 bits per heavy atom. The van der Waals surface area contributed by atoms with Crippen molar-refractivity contribution < 1.29 is 20.1 Å². The van der Waals surface area contributed by atoms with E-state index >= 15 is 0 Å². The van der Waals surface area contributed by atoms with Gasteiger partial charge in [-0.15, -0.1) is 0 Å². The number of hydrogen-bond acceptors (Lipinski definition) is 4. The topological polar surface area (TPSA) is 81.0 Å². The third-order valence-corrected chi connectivity index (χ3v) is 5.72. The summed E-state index contributed by atoms with van der Waals surface area (Å²) in [5.74, 6) is -0.950. The SMILES string of the molecule is CN1C(=O)C(CCO)C(C)(O)C1(C)C(O)C1C=CCCC1. The second-order valence-corrected chi connectivity index (χ2v) is 6.72. The van der Waals surface area contributed by atoms with Crippen molar-refractivity contribution in [3.63, 3.8) is 0 Å². The molecule has 0 bridgehead atoms. The van der Waals surface area contributed by atoms with Crippen LogP contribution >= 0.6 is 0 Å². The van der Waals surface area contributed by atoms with E-state index in [2.05, 4.69) is 6.08 Å². The van der Waals surface area contributed by atoms with Crippen LogP contribution in [0, 0.1) is 11.8 Å². The largest absolute Gasteiger partial charge is 0.396 e. The molecule has 0 saturated carbocycles. The standard InChI is InChI=1S/C16H27NO4/c1-15(13(19)11-7-5-4-6-8-11)16(2,21)12(9-10-18)14(20)17(15)3/h5,7,11-13,18-19,21H,4,6,8-10H2,1-3H3. The number of carbonyl (C=O) groups excluding carboxylic acids is 1. The number of amides is 1. The quantitative estimate of drug-likeness (QED) is 0.667. The van der Waals surface area contributed by atoms with Gasteiger partial charge in [-0.1, -0.05) is 12.2 Å². The molecule has 1 saturated heterocycles. The van der Waals surface area contributed by atoms with Crippen LogP contribution in [0.4, 0.5) is 0 Å². The van der Waals surface area contributed by atoms with Crippen molar-refractivity contribution in [1.29, 1.82) is 0 Å². The number of likely N-dealkylation sites (N-methyl/N-ethyl adjacent to an activating group) is 1. The summed E-state index contributed by atoms with van der Waals surface area (Å²) in [7, 11) is 1.63. The number of rotatable bonds is 4. The Kier molecular flexibility index (Phi) is 4.47. The molecule has 5 heteroatoms. The van der Waals surface area contributed by atoms with Crippen LogP contribution in [0.1, 0.15) is 39.5 Å². The molecule has 120 valence electrons. The zero-order chi connectivity index (χ0) is 15.8. The highest BCUT2D eigenvalue weighted by atomic mass is 16.3. The van der Waals surface area contributed by atoms with E-state index in [1.54, 1.807) is 20.9 Å². The lowest BCUT2D eigenvalue weighted by atomic mass is 9.69. The second-order valence-electron chi connectivity index (χ2n) is 6.72.